The zero-order valence-electron chi connectivity index (χ0n) is 38.7. The van der Waals surface area contributed by atoms with Crippen molar-refractivity contribution in [1.29, 1.82) is 1.43 Å². The Hall–Kier alpha value is -5.14. The first-order chi connectivity index (χ1) is 30.3. The molecule has 0 radical (unpaired) electrons. The van der Waals surface area contributed by atoms with Gasteiger partial charge in [0.05, 0.1) is 32.3 Å². The van der Waals surface area contributed by atoms with Crippen LogP contribution in [0.25, 0.3) is 32.3 Å². The molecular weight excluding hydrogens is 779 g/mol. The molecule has 0 spiro atoms. The van der Waals surface area contributed by atoms with Crippen LogP contribution in [0.1, 0.15) is 124 Å². The number of unbranched alkanes of at least 4 members (excludes halogenated alkanes) is 3. The molecule has 13 nitrogen and oxygen atoms in total. The van der Waals surface area contributed by atoms with Gasteiger partial charge in [-0.15, -0.1) is 0 Å². The van der Waals surface area contributed by atoms with Crippen LogP contribution in [-0.4, -0.2) is 92.1 Å². The summed E-state index contributed by atoms with van der Waals surface area (Å²) in [6.07, 6.45) is 8.87. The standard InChI is InChI=1S/C37H44N2O6.C4H4O3.C4H10.C2H7N.CH4O/c1-37(25-45-34(44)19-18-33(42)43)20-23-39(24-21-37)32(41)11-3-2-4-22-38-31(40)10-6-7-26-12-13-29-15-14-27-8-5-9-28-16-17-30(26)36(29)35(27)28;5-3-1-2-4(6)7-3;1-3-4-2;1-2-3;1-2/h5,8-9,12-17H,2-4,6-7,10-11,18-25H2,1H3,(H,38,40)(H,42,43);1-2H2;3-4H2,1-2H3;2-3H2,1H3;2H,1H3/i1D;;;;2T. The van der Waals surface area contributed by atoms with E-state index in [9.17, 15) is 28.8 Å². The van der Waals surface area contributed by atoms with E-state index >= 15 is 0 Å². The molecule has 2 aliphatic rings. The van der Waals surface area contributed by atoms with E-state index in [1.54, 1.807) is 0 Å². The molecule has 2 amide bonds. The maximum absolute atomic E-state index is 12.7. The number of piperidine rings is 1. The van der Waals surface area contributed by atoms with Crippen molar-refractivity contribution in [2.75, 3.05) is 39.9 Å². The van der Waals surface area contributed by atoms with Crippen LogP contribution in [0.3, 0.4) is 0 Å². The Morgan fingerprint density at radius 2 is 1.44 bits per heavy atom. The first kappa shape index (κ1) is 48.5. The van der Waals surface area contributed by atoms with Crippen molar-refractivity contribution in [3.8, 4) is 0 Å². The van der Waals surface area contributed by atoms with Crippen LogP contribution in [0.15, 0.2) is 54.6 Å². The fourth-order valence-corrected chi connectivity index (χ4v) is 6.83. The number of cyclic esters (lactones) is 2. The van der Waals surface area contributed by atoms with Gasteiger partial charge in [0, 0.05) is 46.4 Å². The van der Waals surface area contributed by atoms with Gasteiger partial charge in [-0.1, -0.05) is 102 Å². The average molecular weight is 851 g/mol. The summed E-state index contributed by atoms with van der Waals surface area (Å²) in [4.78, 5) is 69.5. The van der Waals surface area contributed by atoms with Gasteiger partial charge in [-0.3, -0.25) is 28.8 Å². The lowest BCUT2D eigenvalue weighted by Gasteiger charge is -2.39. The van der Waals surface area contributed by atoms with E-state index in [1.807, 2.05) is 11.8 Å². The fourth-order valence-electron chi connectivity index (χ4n) is 6.83. The third-order valence-corrected chi connectivity index (χ3v) is 10.4. The maximum atomic E-state index is 12.7. The molecule has 0 bridgehead atoms. The molecule has 4 aromatic rings. The number of aliphatic carboxylic acids is 1. The van der Waals surface area contributed by atoms with Crippen molar-refractivity contribution >= 4 is 68.0 Å². The van der Waals surface area contributed by atoms with E-state index in [-0.39, 0.29) is 51.0 Å². The Balaban J connectivity index is 0.000000679. The number of likely N-dealkylation sites (tertiary alicyclic amines) is 1. The number of hydrogen-bond donors (Lipinski definition) is 4. The lowest BCUT2D eigenvalue weighted by Crippen LogP contribution is -2.44. The van der Waals surface area contributed by atoms with Crippen LogP contribution >= 0.6 is 0 Å². The highest BCUT2D eigenvalue weighted by molar-refractivity contribution is 6.23. The third kappa shape index (κ3) is 18.2. The predicted molar refractivity (Wildman–Crippen MR) is 240 cm³/mol. The normalized spacial score (nSPS) is 14.4. The van der Waals surface area contributed by atoms with Crippen LogP contribution < -0.4 is 11.1 Å². The molecular formula is C48H69N3O10. The van der Waals surface area contributed by atoms with E-state index < -0.39 is 29.3 Å². The van der Waals surface area contributed by atoms with Crippen molar-refractivity contribution in [3.63, 3.8) is 0 Å². The molecule has 0 aromatic heterocycles. The number of carbonyl (C=O) groups is 6. The first-order valence-corrected chi connectivity index (χ1v) is 21.6. The summed E-state index contributed by atoms with van der Waals surface area (Å²) in [5, 5.41) is 22.9. The van der Waals surface area contributed by atoms with Gasteiger partial charge in [0.15, 0.2) is 0 Å². The molecule has 2 saturated heterocycles. The summed E-state index contributed by atoms with van der Waals surface area (Å²) in [5.74, 6) is -2.26. The summed E-state index contributed by atoms with van der Waals surface area (Å²) in [6, 6.07) is 19.6. The highest BCUT2D eigenvalue weighted by atomic mass is 16.6. The molecule has 13 heteroatoms. The third-order valence-electron chi connectivity index (χ3n) is 10.4. The van der Waals surface area contributed by atoms with E-state index in [2.05, 4.69) is 83.6 Å². The Morgan fingerprint density at radius 3 is 2.00 bits per heavy atom. The molecule has 0 atom stereocenters. The van der Waals surface area contributed by atoms with Crippen molar-refractivity contribution in [3.05, 3.63) is 60.2 Å². The summed E-state index contributed by atoms with van der Waals surface area (Å²) < 4.78 is 23.0. The van der Waals surface area contributed by atoms with Crippen LogP contribution in [0.2, 0.25) is 0 Å². The molecule has 6 rings (SSSR count). The number of hydrogen-bond acceptors (Lipinski definition) is 10. The first-order valence-electron chi connectivity index (χ1n) is 22.7. The van der Waals surface area contributed by atoms with E-state index in [0.717, 1.165) is 38.6 Å². The highest BCUT2D eigenvalue weighted by Crippen LogP contribution is 2.36. The van der Waals surface area contributed by atoms with Crippen LogP contribution in [0.4, 0.5) is 0 Å². The van der Waals surface area contributed by atoms with E-state index in [4.69, 9.17) is 18.4 Å². The zero-order chi connectivity index (χ0) is 46.6. The topological polar surface area (TPSA) is 203 Å². The van der Waals surface area contributed by atoms with Crippen LogP contribution in [-0.2, 0) is 44.7 Å². The fraction of sp³-hybridized carbons (Fsp3) is 0.542. The number of aryl methyl sites for hydroxylation is 1. The number of carboxylic acids is 1. The summed E-state index contributed by atoms with van der Waals surface area (Å²) >= 11 is 0. The largest absolute Gasteiger partial charge is 0.481 e. The van der Waals surface area contributed by atoms with E-state index in [1.165, 1.54) is 57.8 Å². The zero-order valence-corrected chi connectivity index (χ0v) is 36.7. The number of carboxylic acid groups (broad SMARTS) is 1. The van der Waals surface area contributed by atoms with Gasteiger partial charge >= 0.3 is 23.9 Å². The molecule has 61 heavy (non-hydrogen) atoms. The minimum atomic E-state index is -1.05. The van der Waals surface area contributed by atoms with Crippen LogP contribution in [0, 0.1) is 5.41 Å². The number of aliphatic hydroxyl groups is 1. The summed E-state index contributed by atoms with van der Waals surface area (Å²) in [7, 11) is 1.29. The second-order valence-corrected chi connectivity index (χ2v) is 15.3. The molecule has 2 aliphatic heterocycles. The lowest BCUT2D eigenvalue weighted by molar-refractivity contribution is -0.152. The van der Waals surface area contributed by atoms with Gasteiger partial charge < -0.3 is 35.6 Å². The Kier molecular flexibility index (Phi) is 22.6. The lowest BCUT2D eigenvalue weighted by atomic mass is 9.81. The van der Waals surface area contributed by atoms with Crippen molar-refractivity contribution in [1.82, 2.24) is 10.2 Å². The van der Waals surface area contributed by atoms with Crippen molar-refractivity contribution in [2.24, 2.45) is 11.1 Å². The highest BCUT2D eigenvalue weighted by Gasteiger charge is 2.33. The number of benzene rings is 4. The van der Waals surface area contributed by atoms with Crippen LogP contribution in [0.5, 0.6) is 0 Å². The number of nitrogens with zero attached hydrogens (tertiary/aromatic N) is 1. The number of carbonyl (C=O) groups excluding carboxylic acids is 5. The molecule has 2 fully saturated rings. The monoisotopic (exact) mass is 851 g/mol. The number of nitrogens with two attached hydrogens (primary N) is 1. The van der Waals surface area contributed by atoms with Crippen molar-refractivity contribution < 1.29 is 49.8 Å². The number of ether oxygens (including phenoxy) is 2. The smallest absolute Gasteiger partial charge is 0.314 e. The molecule has 5 N–H and O–H groups in total. The quantitative estimate of drug-likeness (QED) is 0.0370. The van der Waals surface area contributed by atoms with Gasteiger partial charge in [-0.05, 0) is 83.0 Å². The number of rotatable bonds is 16. The van der Waals surface area contributed by atoms with Gasteiger partial charge in [0.2, 0.25) is 13.2 Å². The van der Waals surface area contributed by atoms with Gasteiger partial charge in [0.25, 0.3) is 0 Å². The molecule has 336 valence electrons. The second-order valence-electron chi connectivity index (χ2n) is 15.3. The Morgan fingerprint density at radius 1 is 0.852 bits per heavy atom. The maximum Gasteiger partial charge on any atom is 0.314 e. The number of aliphatic hydroxyl groups excluding tert-OH is 1. The summed E-state index contributed by atoms with van der Waals surface area (Å²) in [5.41, 5.74) is 5.63. The number of esters is 3. The van der Waals surface area contributed by atoms with E-state index in [0.29, 0.717) is 45.3 Å². The molecule has 0 aliphatic carbocycles. The molecule has 2 heterocycles. The molecule has 0 saturated carbocycles. The van der Waals surface area contributed by atoms with Gasteiger partial charge in [-0.2, -0.15) is 0 Å². The minimum Gasteiger partial charge on any atom is -0.481 e. The summed E-state index contributed by atoms with van der Waals surface area (Å²) in [6.45, 7) is 8.84. The SMILES string of the molecule is CCCC.CCN.O=C1CCC(=O)O1.[2H]CC1(COC(=O)CCC(=O)O)CCN(C(=O)CCCCCNC(=O)CCCc2ccc3ccc4cccc5ccc2c3c45)CC1.[3H]OC. The number of amides is 2. The minimum absolute atomic E-state index is 0.0625. The Labute approximate surface area is 363 Å². The predicted octanol–water partition coefficient (Wildman–Crippen LogP) is 7.85. The molecule has 0 unspecified atom stereocenters. The number of nitrogens with one attached hydrogen (secondary N) is 1. The average Bonchev–Trinajstić information content (AvgIpc) is 3.68. The van der Waals surface area contributed by atoms with Gasteiger partial charge in [-0.25, -0.2) is 0 Å². The molecule has 4 aromatic carbocycles. The van der Waals surface area contributed by atoms with Gasteiger partial charge in [0.1, 0.15) is 0 Å². The second kappa shape index (κ2) is 28.4. The van der Waals surface area contributed by atoms with Crippen molar-refractivity contribution in [2.45, 2.75) is 124 Å². The Bertz CT molecular complexity index is 1990.